The minimum atomic E-state index is -1.97. The van der Waals surface area contributed by atoms with E-state index in [-0.39, 0.29) is 79.4 Å². The third kappa shape index (κ3) is 13.9. The number of allylic oxidation sites excluding steroid dienone is 1. The van der Waals surface area contributed by atoms with Gasteiger partial charge in [-0.2, -0.15) is 0 Å². The summed E-state index contributed by atoms with van der Waals surface area (Å²) in [7, 11) is 0. The van der Waals surface area contributed by atoms with E-state index in [0.29, 0.717) is 0 Å². The molecule has 426 valence electrons. The summed E-state index contributed by atoms with van der Waals surface area (Å²) in [5, 5.41) is 130. The largest absolute Gasteiger partial charge is 0.495 e. The van der Waals surface area contributed by atoms with E-state index >= 15 is 0 Å². The molecule has 0 aromatic carbocycles. The van der Waals surface area contributed by atoms with E-state index in [4.69, 9.17) is 18.7 Å². The number of fused-ring (bicyclic) bond motifs is 11. The number of thiazole rings is 1. The van der Waals surface area contributed by atoms with E-state index in [1.54, 1.807) is 0 Å². The Kier molecular flexibility index (Phi) is 18.0. The first kappa shape index (κ1) is 60.4. The number of aromatic nitrogens is 5. The van der Waals surface area contributed by atoms with Crippen LogP contribution in [0.5, 0.6) is 0 Å². The Hall–Kier alpha value is -10.8. The van der Waals surface area contributed by atoms with Crippen LogP contribution in [0.1, 0.15) is 84.5 Å². The molecule has 31 heteroatoms. The number of nitrogens with one attached hydrogen (secondary N) is 2. The van der Waals surface area contributed by atoms with E-state index in [1.807, 2.05) is 0 Å². The summed E-state index contributed by atoms with van der Waals surface area (Å²) in [5.41, 5.74) is -6.35. The van der Waals surface area contributed by atoms with Crippen molar-refractivity contribution in [1.82, 2.24) is 30.2 Å². The van der Waals surface area contributed by atoms with Gasteiger partial charge in [0, 0.05) is 10.9 Å². The van der Waals surface area contributed by atoms with Gasteiger partial charge in [0.2, 0.25) is 70.8 Å². The van der Waals surface area contributed by atoms with Crippen LogP contribution in [0.4, 0.5) is 0 Å². The number of aryl methyl sites for hydroxylation is 2. The Morgan fingerprint density at radius 2 is 1.33 bits per heavy atom. The molecule has 5 aromatic rings. The highest BCUT2D eigenvalue weighted by Crippen LogP contribution is 2.34. The molecule has 1 aliphatic rings. The lowest BCUT2D eigenvalue weighted by atomic mass is 9.99. The molecule has 82 heavy (non-hydrogen) atoms. The third-order valence-corrected chi connectivity index (χ3v) is 11.6. The summed E-state index contributed by atoms with van der Waals surface area (Å²) in [6.45, 7) is 29.4. The van der Waals surface area contributed by atoms with Crippen LogP contribution in [0.15, 0.2) is 145 Å². The molecular weight excluding hydrogens is 1090 g/mol. The average molecular weight is 1150 g/mol. The van der Waals surface area contributed by atoms with Crippen molar-refractivity contribution in [3.63, 3.8) is 0 Å². The number of carbonyl (C=O) groups is 1. The van der Waals surface area contributed by atoms with E-state index in [9.17, 15) is 61.0 Å². The molecule has 0 saturated heterocycles. The van der Waals surface area contributed by atoms with Gasteiger partial charge in [0.25, 0.3) is 5.91 Å². The predicted octanol–water partition coefficient (Wildman–Crippen LogP) is 7.07. The maximum absolute atomic E-state index is 13.5. The first-order valence-corrected chi connectivity index (χ1v) is 24.2. The summed E-state index contributed by atoms with van der Waals surface area (Å²) in [4.78, 5) is 66.4. The van der Waals surface area contributed by atoms with Gasteiger partial charge in [0.15, 0.2) is 23.5 Å². The summed E-state index contributed by atoms with van der Waals surface area (Å²) >= 11 is 0.925. The van der Waals surface area contributed by atoms with E-state index in [0.717, 1.165) is 17.6 Å². The quantitative estimate of drug-likeness (QED) is 0.0572. The summed E-state index contributed by atoms with van der Waals surface area (Å²) in [5.74, 6) is -10.4. The summed E-state index contributed by atoms with van der Waals surface area (Å²) in [6, 6.07) is -0.826. The molecule has 0 unspecified atom stereocenters. The van der Waals surface area contributed by atoms with Gasteiger partial charge in [-0.15, -0.1) is 11.3 Å². The highest BCUT2D eigenvalue weighted by Gasteiger charge is 2.34. The van der Waals surface area contributed by atoms with Crippen molar-refractivity contribution in [1.29, 1.82) is 5.41 Å². The minimum absolute atomic E-state index is 0.0635. The minimum Gasteiger partial charge on any atom is -0.495 e. The average Bonchev–Trinajstić information content (AvgIpc) is 3.99. The lowest BCUT2D eigenvalue weighted by molar-refractivity contribution is 0.0681. The zero-order chi connectivity index (χ0) is 60.8. The number of oxazole rings is 3. The van der Waals surface area contributed by atoms with Crippen molar-refractivity contribution in [3.8, 4) is 22.0 Å². The monoisotopic (exact) mass is 1150 g/mol. The number of aliphatic hydroxyl groups is 11. The Morgan fingerprint density at radius 3 is 1.93 bits per heavy atom. The van der Waals surface area contributed by atoms with E-state index in [2.05, 4.69) is 110 Å². The van der Waals surface area contributed by atoms with Gasteiger partial charge in [-0.05, 0) is 53.7 Å². The van der Waals surface area contributed by atoms with Crippen molar-refractivity contribution in [2.75, 3.05) is 0 Å². The van der Waals surface area contributed by atoms with Crippen LogP contribution >= 0.6 is 11.3 Å². The number of pyridine rings is 1. The maximum Gasteiger partial charge on any atom is 0.274 e. The second kappa shape index (κ2) is 24.5. The number of rotatable bonds is 7. The lowest BCUT2D eigenvalue weighted by Crippen LogP contribution is -2.41. The molecule has 6 rings (SSSR count). The number of aliphatic hydroxyl groups excluding tert-OH is 10. The molecule has 1 amide bonds. The van der Waals surface area contributed by atoms with Crippen LogP contribution in [-0.4, -0.2) is 164 Å². The molecule has 0 fully saturated rings. The standard InChI is InChI=1S/C51H51N15O15S/c1-13-28-49-65-34(26(10)81-49)45(76)56-21(5)40(71)66-36(51(11,12)78)46(77)58-23(7)48-64-33(25(9)80-48)44(75)55-20(4)39(70)57-22(6)47-61-30(16-79-47)35-27(50-62-31(17-82-50)42(73)63-32(24(8)67)43(74)60-28)14-15-29(59-35)41(72)54-19(3)38(69)53-18(2)37(52)68/h13-17,24,32,36,67,78H,2-7H2,1,8-12H3,(H2,52,68)(H,53,69)(H,54,72)(H,55,75)(H,56,76)(H,57,70)(H,58,77)(H,60,74)(H,63,73)(H,66,71)/b28-13-/t24-,32+,36-/m1/s1. The van der Waals surface area contributed by atoms with Gasteiger partial charge in [-0.25, -0.2) is 64.9 Å². The SMILES string of the molecule is C=C(N=C(O)C(=C)NC(=O)c1ccc2c(n1)-c1coc(n1)C(=C)N=C(O)C(=C)N=C(O)c1nc(oc1C)C(=C)N=C(O)[C@H](C(C)(C)O)N=C(O)C(=C)N=C(O)c1nc(oc1C)/C(=C/C)N=C(O)[C@H]([C@@H](C)O)N=C(O)c1csc-2n1)C(=N)O. The Labute approximate surface area is 467 Å². The van der Waals surface area contributed by atoms with Gasteiger partial charge in [-0.3, -0.25) is 10.2 Å². The second-order valence-electron chi connectivity index (χ2n) is 17.5. The molecule has 0 spiro atoms. The van der Waals surface area contributed by atoms with Gasteiger partial charge in [0.1, 0.15) is 79.7 Å². The van der Waals surface area contributed by atoms with Gasteiger partial charge in [-0.1, -0.05) is 45.5 Å². The number of hydrogen-bond donors (Lipinski definition) is 13. The van der Waals surface area contributed by atoms with Crippen molar-refractivity contribution in [2.45, 2.75) is 65.3 Å². The first-order chi connectivity index (χ1) is 38.4. The molecule has 5 aromatic heterocycles. The molecule has 3 atom stereocenters. The Balaban J connectivity index is 1.49. The molecular formula is C51H51N15O15S. The molecule has 0 aliphatic carbocycles. The molecule has 13 N–H and O–H groups in total. The highest BCUT2D eigenvalue weighted by molar-refractivity contribution is 7.13. The van der Waals surface area contributed by atoms with Crippen LogP contribution in [0.3, 0.4) is 0 Å². The van der Waals surface area contributed by atoms with Crippen LogP contribution in [-0.2, 0) is 0 Å². The molecule has 8 bridgehead atoms. The normalized spacial score (nSPS) is 17.6. The Bertz CT molecular complexity index is 3800. The summed E-state index contributed by atoms with van der Waals surface area (Å²) in [6.07, 6.45) is 0.885. The van der Waals surface area contributed by atoms with Crippen molar-refractivity contribution < 1.29 is 74.2 Å². The Morgan fingerprint density at radius 1 is 0.744 bits per heavy atom. The molecule has 1 aliphatic heterocycles. The number of carbonyl (C=O) groups excluding carboxylic acids is 1. The smallest absolute Gasteiger partial charge is 0.274 e. The van der Waals surface area contributed by atoms with E-state index in [1.165, 1.54) is 65.1 Å². The van der Waals surface area contributed by atoms with Gasteiger partial charge < -0.3 is 74.7 Å². The predicted molar refractivity (Wildman–Crippen MR) is 303 cm³/mol. The maximum atomic E-state index is 13.5. The second-order valence-corrected chi connectivity index (χ2v) is 18.4. The van der Waals surface area contributed by atoms with Gasteiger partial charge >= 0.3 is 0 Å². The number of nitrogens with zero attached hydrogens (tertiary/aromatic N) is 13. The zero-order valence-corrected chi connectivity index (χ0v) is 45.0. The summed E-state index contributed by atoms with van der Waals surface area (Å²) < 4.78 is 16.9. The van der Waals surface area contributed by atoms with Gasteiger partial charge in [0.05, 0.1) is 17.4 Å². The van der Waals surface area contributed by atoms with Crippen molar-refractivity contribution in [2.24, 2.45) is 39.9 Å². The van der Waals surface area contributed by atoms with Crippen LogP contribution in [0.2, 0.25) is 0 Å². The molecule has 0 saturated carbocycles. The topological polar surface area (TPSA) is 478 Å². The number of hydrogen-bond acceptors (Lipinski definition) is 21. The van der Waals surface area contributed by atoms with Crippen LogP contribution in [0, 0.1) is 19.3 Å². The van der Waals surface area contributed by atoms with Crippen LogP contribution < -0.4 is 5.32 Å². The van der Waals surface area contributed by atoms with Crippen molar-refractivity contribution in [3.05, 3.63) is 144 Å². The van der Waals surface area contributed by atoms with E-state index < -0.39 is 117 Å². The molecule has 6 heterocycles. The molecule has 0 radical (unpaired) electrons. The first-order valence-electron chi connectivity index (χ1n) is 23.3. The lowest BCUT2D eigenvalue weighted by Gasteiger charge is -2.24. The number of amides is 1. The third-order valence-electron chi connectivity index (χ3n) is 10.8. The zero-order valence-electron chi connectivity index (χ0n) is 44.1. The fourth-order valence-corrected chi connectivity index (χ4v) is 7.42. The highest BCUT2D eigenvalue weighted by atomic mass is 32.1. The fraction of sp³-hybridized carbons (Fsp3) is 0.196. The number of aliphatic imine (C=N–C) groups is 8. The van der Waals surface area contributed by atoms with Crippen LogP contribution in [0.25, 0.3) is 39.1 Å². The molecule has 30 nitrogen and oxygen atoms in total. The van der Waals surface area contributed by atoms with Crippen molar-refractivity contribution >= 4 is 87.4 Å². The fourth-order valence-electron chi connectivity index (χ4n) is 6.60.